The summed E-state index contributed by atoms with van der Waals surface area (Å²) in [7, 11) is 1.62. The van der Waals surface area contributed by atoms with E-state index in [9.17, 15) is 4.79 Å². The Morgan fingerprint density at radius 2 is 2.14 bits per heavy atom. The summed E-state index contributed by atoms with van der Waals surface area (Å²) in [4.78, 5) is 12.5. The van der Waals surface area contributed by atoms with Crippen molar-refractivity contribution in [3.8, 4) is 11.5 Å². The van der Waals surface area contributed by atoms with Crippen LogP contribution in [0.1, 0.15) is 17.0 Å². The van der Waals surface area contributed by atoms with Crippen LogP contribution in [0.25, 0.3) is 0 Å². The third-order valence-electron chi connectivity index (χ3n) is 3.68. The van der Waals surface area contributed by atoms with Crippen LogP contribution in [-0.2, 0) is 11.2 Å². The molecule has 2 aromatic carbocycles. The minimum absolute atomic E-state index is 0.165. The van der Waals surface area contributed by atoms with Gasteiger partial charge in [0.15, 0.2) is 0 Å². The van der Waals surface area contributed by atoms with Crippen molar-refractivity contribution < 1.29 is 14.3 Å². The van der Waals surface area contributed by atoms with E-state index in [1.54, 1.807) is 7.11 Å². The average Bonchev–Trinajstić information content (AvgIpc) is 2.91. The molecule has 0 aromatic heterocycles. The zero-order chi connectivity index (χ0) is 14.8. The van der Waals surface area contributed by atoms with Gasteiger partial charge in [0, 0.05) is 12.0 Å². The number of hydrogen-bond donors (Lipinski definition) is 0. The minimum atomic E-state index is -0.165. The van der Waals surface area contributed by atoms with Crippen molar-refractivity contribution in [2.75, 3.05) is 13.7 Å². The molecule has 0 saturated heterocycles. The number of ether oxygens (including phenoxy) is 2. The van der Waals surface area contributed by atoms with Gasteiger partial charge in [-0.3, -0.25) is 4.79 Å². The van der Waals surface area contributed by atoms with Crippen molar-refractivity contribution in [3.05, 3.63) is 58.1 Å². The number of carbonyl (C=O) groups is 1. The molecular weight excluding hydrogens is 332 g/mol. The zero-order valence-corrected chi connectivity index (χ0v) is 13.2. The van der Waals surface area contributed by atoms with Gasteiger partial charge in [0.2, 0.25) is 0 Å². The largest absolute Gasteiger partial charge is 0.496 e. The van der Waals surface area contributed by atoms with Gasteiger partial charge in [0.1, 0.15) is 23.9 Å². The Morgan fingerprint density at radius 3 is 2.90 bits per heavy atom. The van der Waals surface area contributed by atoms with E-state index in [1.807, 2.05) is 42.5 Å². The van der Waals surface area contributed by atoms with Crippen LogP contribution in [0.15, 0.2) is 46.9 Å². The number of Topliss-reactive ketones (excluding diaryl/α,β-unsaturated/α-hetero) is 1. The van der Waals surface area contributed by atoms with Crippen LogP contribution in [0.3, 0.4) is 0 Å². The molecule has 0 radical (unpaired) electrons. The fourth-order valence-corrected chi connectivity index (χ4v) is 3.16. The van der Waals surface area contributed by atoms with Crippen LogP contribution >= 0.6 is 15.9 Å². The number of rotatable bonds is 4. The number of halogens is 1. The number of methoxy groups -OCH3 is 1. The lowest BCUT2D eigenvalue weighted by atomic mass is 9.93. The third kappa shape index (κ3) is 2.81. The van der Waals surface area contributed by atoms with E-state index >= 15 is 0 Å². The molecule has 0 spiro atoms. The second-order valence-electron chi connectivity index (χ2n) is 5.01. The molecule has 1 aliphatic rings. The SMILES string of the molecule is COc1ccc(CC(=O)C2COc3ccccc32)cc1Br. The molecule has 1 aliphatic heterocycles. The smallest absolute Gasteiger partial charge is 0.148 e. The first-order valence-corrected chi connectivity index (χ1v) is 7.55. The normalized spacial score (nSPS) is 16.2. The highest BCUT2D eigenvalue weighted by Gasteiger charge is 2.29. The van der Waals surface area contributed by atoms with E-state index in [2.05, 4.69) is 15.9 Å². The van der Waals surface area contributed by atoms with Gasteiger partial charge in [-0.15, -0.1) is 0 Å². The lowest BCUT2D eigenvalue weighted by Gasteiger charge is -2.09. The minimum Gasteiger partial charge on any atom is -0.496 e. The van der Waals surface area contributed by atoms with Crippen molar-refractivity contribution in [1.29, 1.82) is 0 Å². The molecule has 4 heteroatoms. The van der Waals surface area contributed by atoms with Gasteiger partial charge in [0.25, 0.3) is 0 Å². The number of carbonyl (C=O) groups excluding carboxylic acids is 1. The molecular formula is C17H15BrO3. The molecule has 108 valence electrons. The van der Waals surface area contributed by atoms with Crippen LogP contribution in [0, 0.1) is 0 Å². The Bertz CT molecular complexity index is 681. The van der Waals surface area contributed by atoms with Crippen molar-refractivity contribution >= 4 is 21.7 Å². The van der Waals surface area contributed by atoms with E-state index < -0.39 is 0 Å². The zero-order valence-electron chi connectivity index (χ0n) is 11.6. The van der Waals surface area contributed by atoms with Gasteiger partial charge in [-0.05, 0) is 39.7 Å². The van der Waals surface area contributed by atoms with E-state index in [0.717, 1.165) is 27.1 Å². The Morgan fingerprint density at radius 1 is 1.33 bits per heavy atom. The highest BCUT2D eigenvalue weighted by molar-refractivity contribution is 9.10. The molecule has 3 rings (SSSR count). The summed E-state index contributed by atoms with van der Waals surface area (Å²) < 4.78 is 11.6. The van der Waals surface area contributed by atoms with Gasteiger partial charge in [-0.1, -0.05) is 24.3 Å². The first-order chi connectivity index (χ1) is 10.2. The van der Waals surface area contributed by atoms with Crippen molar-refractivity contribution in [2.24, 2.45) is 0 Å². The van der Waals surface area contributed by atoms with Crippen LogP contribution < -0.4 is 9.47 Å². The quantitative estimate of drug-likeness (QED) is 0.845. The topological polar surface area (TPSA) is 35.5 Å². The third-order valence-corrected chi connectivity index (χ3v) is 4.30. The maximum Gasteiger partial charge on any atom is 0.148 e. The number of fused-ring (bicyclic) bond motifs is 1. The predicted octanol–water partition coefficient (Wildman–Crippen LogP) is 3.75. The average molecular weight is 347 g/mol. The molecule has 0 fully saturated rings. The van der Waals surface area contributed by atoms with E-state index in [0.29, 0.717) is 13.0 Å². The van der Waals surface area contributed by atoms with Crippen molar-refractivity contribution in [2.45, 2.75) is 12.3 Å². The van der Waals surface area contributed by atoms with Crippen LogP contribution in [-0.4, -0.2) is 19.5 Å². The summed E-state index contributed by atoms with van der Waals surface area (Å²) in [6.07, 6.45) is 0.394. The summed E-state index contributed by atoms with van der Waals surface area (Å²) in [5, 5.41) is 0. The van der Waals surface area contributed by atoms with Gasteiger partial charge >= 0.3 is 0 Å². The summed E-state index contributed by atoms with van der Waals surface area (Å²) >= 11 is 3.45. The Balaban J connectivity index is 1.77. The maximum absolute atomic E-state index is 12.5. The number of benzene rings is 2. The fourth-order valence-electron chi connectivity index (χ4n) is 2.57. The monoisotopic (exact) mass is 346 g/mol. The first kappa shape index (κ1) is 14.1. The van der Waals surface area contributed by atoms with E-state index in [4.69, 9.17) is 9.47 Å². The second kappa shape index (κ2) is 5.90. The lowest BCUT2D eigenvalue weighted by molar-refractivity contribution is -0.120. The first-order valence-electron chi connectivity index (χ1n) is 6.76. The second-order valence-corrected chi connectivity index (χ2v) is 5.87. The molecule has 0 bridgehead atoms. The molecule has 1 heterocycles. The molecule has 0 N–H and O–H groups in total. The molecule has 1 unspecified atom stereocenters. The van der Waals surface area contributed by atoms with Gasteiger partial charge in [-0.25, -0.2) is 0 Å². The summed E-state index contributed by atoms with van der Waals surface area (Å²) in [5.41, 5.74) is 1.96. The van der Waals surface area contributed by atoms with Gasteiger partial charge < -0.3 is 9.47 Å². The molecule has 2 aromatic rings. The number of hydrogen-bond acceptors (Lipinski definition) is 3. The maximum atomic E-state index is 12.5. The molecule has 0 amide bonds. The Kier molecular flexibility index (Phi) is 3.97. The lowest BCUT2D eigenvalue weighted by Crippen LogP contribution is -2.16. The van der Waals surface area contributed by atoms with Crippen LogP contribution in [0.2, 0.25) is 0 Å². The molecule has 21 heavy (non-hydrogen) atoms. The van der Waals surface area contributed by atoms with E-state index in [-0.39, 0.29) is 11.7 Å². The van der Waals surface area contributed by atoms with E-state index in [1.165, 1.54) is 0 Å². The fraction of sp³-hybridized carbons (Fsp3) is 0.235. The summed E-state index contributed by atoms with van der Waals surface area (Å²) in [6.45, 7) is 0.440. The molecule has 3 nitrogen and oxygen atoms in total. The highest BCUT2D eigenvalue weighted by Crippen LogP contribution is 2.35. The Hall–Kier alpha value is -1.81. The number of ketones is 1. The summed E-state index contributed by atoms with van der Waals surface area (Å²) in [5.74, 6) is 1.60. The number of para-hydroxylation sites is 1. The van der Waals surface area contributed by atoms with Gasteiger partial charge in [-0.2, -0.15) is 0 Å². The molecule has 0 saturated carbocycles. The van der Waals surface area contributed by atoms with Gasteiger partial charge in [0.05, 0.1) is 17.5 Å². The van der Waals surface area contributed by atoms with Crippen molar-refractivity contribution in [3.63, 3.8) is 0 Å². The summed E-state index contributed by atoms with van der Waals surface area (Å²) in [6, 6.07) is 13.5. The standard InChI is InChI=1S/C17H15BrO3/c1-20-17-7-6-11(8-14(17)18)9-15(19)13-10-21-16-5-3-2-4-12(13)16/h2-8,13H,9-10H2,1H3. The molecule has 0 aliphatic carbocycles. The molecule has 1 atom stereocenters. The van der Waals surface area contributed by atoms with Crippen LogP contribution in [0.4, 0.5) is 0 Å². The van der Waals surface area contributed by atoms with Crippen LogP contribution in [0.5, 0.6) is 11.5 Å². The highest BCUT2D eigenvalue weighted by atomic mass is 79.9. The Labute approximate surface area is 132 Å². The van der Waals surface area contributed by atoms with Crippen molar-refractivity contribution in [1.82, 2.24) is 0 Å². The predicted molar refractivity (Wildman–Crippen MR) is 84.1 cm³/mol.